The fraction of sp³-hybridized carbons (Fsp3) is 0.333. The summed E-state index contributed by atoms with van der Waals surface area (Å²) in [6.45, 7) is 2.13. The van der Waals surface area contributed by atoms with Crippen LogP contribution in [0, 0.1) is 0 Å². The number of aliphatic hydroxyl groups excluding tert-OH is 1. The molecule has 3 aromatic rings. The second kappa shape index (κ2) is 10.3. The van der Waals surface area contributed by atoms with Crippen LogP contribution in [0.1, 0.15) is 18.1 Å². The van der Waals surface area contributed by atoms with Crippen molar-refractivity contribution in [1.82, 2.24) is 20.6 Å². The lowest BCUT2D eigenvalue weighted by atomic mass is 10.1. The van der Waals surface area contributed by atoms with Gasteiger partial charge in [0.2, 0.25) is 5.95 Å². The van der Waals surface area contributed by atoms with E-state index in [0.29, 0.717) is 19.0 Å². The number of hydrogen-bond donors (Lipinski definition) is 4. The van der Waals surface area contributed by atoms with Gasteiger partial charge in [-0.1, -0.05) is 42.5 Å². The first-order valence-electron chi connectivity index (χ1n) is 10.7. The van der Waals surface area contributed by atoms with Gasteiger partial charge in [-0.2, -0.15) is 0 Å². The molecule has 1 aliphatic heterocycles. The van der Waals surface area contributed by atoms with Crippen LogP contribution in [0.4, 0.5) is 5.95 Å². The third kappa shape index (κ3) is 5.58. The van der Waals surface area contributed by atoms with E-state index in [0.717, 1.165) is 35.5 Å². The monoisotopic (exact) mass is 419 g/mol. The molecule has 0 radical (unpaired) electrons. The number of nitrogens with one attached hydrogen (secondary N) is 3. The molecule has 0 amide bonds. The summed E-state index contributed by atoms with van der Waals surface area (Å²) in [6, 6.07) is 20.0. The Hall–Kier alpha value is -3.00. The van der Waals surface area contributed by atoms with Crippen molar-refractivity contribution in [1.29, 1.82) is 0 Å². The summed E-state index contributed by atoms with van der Waals surface area (Å²) in [4.78, 5) is 8.95. The van der Waals surface area contributed by atoms with Crippen molar-refractivity contribution in [3.63, 3.8) is 0 Å². The highest BCUT2D eigenvalue weighted by atomic mass is 16.5. The maximum absolute atomic E-state index is 10.0. The number of nitrogens with zero attached hydrogens (tertiary/aromatic N) is 2. The highest BCUT2D eigenvalue weighted by Gasteiger charge is 2.25. The van der Waals surface area contributed by atoms with Gasteiger partial charge in [-0.15, -0.1) is 0 Å². The van der Waals surface area contributed by atoms with E-state index in [1.54, 1.807) is 6.20 Å². The number of hydrogen-bond acceptors (Lipinski definition) is 7. The molecule has 0 bridgehead atoms. The zero-order valence-corrected chi connectivity index (χ0v) is 17.7. The molecule has 162 valence electrons. The van der Waals surface area contributed by atoms with E-state index in [9.17, 15) is 5.11 Å². The molecular formula is C24H29N5O2. The summed E-state index contributed by atoms with van der Waals surface area (Å²) in [5.41, 5.74) is 2.91. The number of aromatic nitrogens is 2. The minimum Gasteiger partial charge on any atom is -0.486 e. The Morgan fingerprint density at radius 2 is 2.00 bits per heavy atom. The van der Waals surface area contributed by atoms with Gasteiger partial charge in [0.15, 0.2) is 0 Å². The number of ether oxygens (including phenoxy) is 1. The Kier molecular flexibility index (Phi) is 7.09. The SMILES string of the molecule is CNCC[C@H](Oc1cccc(-c2ccnc(N[C@@H]3CNC[C@H]3O)n2)c1)c1ccccc1. The molecule has 31 heavy (non-hydrogen) atoms. The van der Waals surface area contributed by atoms with Gasteiger partial charge in [-0.25, -0.2) is 9.97 Å². The molecule has 4 rings (SSSR count). The Bertz CT molecular complexity index is 969. The number of aliphatic hydroxyl groups is 1. The van der Waals surface area contributed by atoms with Gasteiger partial charge in [-0.05, 0) is 37.4 Å². The highest BCUT2D eigenvalue weighted by Crippen LogP contribution is 2.28. The maximum Gasteiger partial charge on any atom is 0.223 e. The van der Waals surface area contributed by atoms with Gasteiger partial charge in [0.05, 0.1) is 17.8 Å². The molecule has 1 saturated heterocycles. The first-order chi connectivity index (χ1) is 15.2. The van der Waals surface area contributed by atoms with Crippen LogP contribution < -0.4 is 20.7 Å². The van der Waals surface area contributed by atoms with Crippen molar-refractivity contribution in [2.45, 2.75) is 24.7 Å². The third-order valence-electron chi connectivity index (χ3n) is 5.39. The van der Waals surface area contributed by atoms with Crippen LogP contribution in [-0.4, -0.2) is 53.9 Å². The predicted octanol–water partition coefficient (Wildman–Crippen LogP) is 2.62. The minimum atomic E-state index is -0.448. The Morgan fingerprint density at radius 1 is 1.13 bits per heavy atom. The van der Waals surface area contributed by atoms with Crippen LogP contribution in [-0.2, 0) is 0 Å². The summed E-state index contributed by atoms with van der Waals surface area (Å²) in [6.07, 6.45) is 2.11. The van der Waals surface area contributed by atoms with E-state index in [4.69, 9.17) is 4.74 Å². The zero-order valence-electron chi connectivity index (χ0n) is 17.7. The molecule has 0 saturated carbocycles. The van der Waals surface area contributed by atoms with Crippen LogP contribution in [0.2, 0.25) is 0 Å². The number of anilines is 1. The molecular weight excluding hydrogens is 390 g/mol. The van der Waals surface area contributed by atoms with Gasteiger partial charge in [-0.3, -0.25) is 0 Å². The normalized spacial score (nSPS) is 19.2. The summed E-state index contributed by atoms with van der Waals surface area (Å²) in [7, 11) is 1.95. The molecule has 1 aliphatic rings. The molecule has 0 unspecified atom stereocenters. The lowest BCUT2D eigenvalue weighted by Crippen LogP contribution is -2.32. The van der Waals surface area contributed by atoms with Crippen LogP contribution in [0.15, 0.2) is 66.9 Å². The van der Waals surface area contributed by atoms with Gasteiger partial charge < -0.3 is 25.8 Å². The van der Waals surface area contributed by atoms with E-state index in [1.807, 2.05) is 55.6 Å². The van der Waals surface area contributed by atoms with Crippen LogP contribution in [0.5, 0.6) is 5.75 Å². The average molecular weight is 420 g/mol. The second-order valence-corrected chi connectivity index (χ2v) is 7.68. The Labute approximate surface area is 182 Å². The van der Waals surface area contributed by atoms with Crippen molar-refractivity contribution in [3.05, 3.63) is 72.4 Å². The van der Waals surface area contributed by atoms with Crippen LogP contribution in [0.25, 0.3) is 11.3 Å². The highest BCUT2D eigenvalue weighted by molar-refractivity contribution is 5.62. The molecule has 0 spiro atoms. The maximum atomic E-state index is 10.0. The number of benzene rings is 2. The standard InChI is InChI=1S/C24H29N5O2/c1-25-12-11-23(17-6-3-2-4-7-17)31-19-9-5-8-18(14-19)20-10-13-27-24(28-20)29-21-15-26-16-22(21)30/h2-10,13-14,21-23,25-26,30H,11-12,15-16H2,1H3,(H,27,28,29)/t21-,22-,23+/m1/s1. The van der Waals surface area contributed by atoms with Crippen molar-refractivity contribution in [2.24, 2.45) is 0 Å². The quantitative estimate of drug-likeness (QED) is 0.424. The summed E-state index contributed by atoms with van der Waals surface area (Å²) < 4.78 is 6.38. The lowest BCUT2D eigenvalue weighted by molar-refractivity contribution is 0.185. The van der Waals surface area contributed by atoms with Gasteiger partial charge >= 0.3 is 0 Å². The van der Waals surface area contributed by atoms with E-state index in [1.165, 1.54) is 0 Å². The molecule has 3 atom stereocenters. The Balaban J connectivity index is 1.51. The van der Waals surface area contributed by atoms with Gasteiger partial charge in [0.25, 0.3) is 0 Å². The minimum absolute atomic E-state index is 0.0390. The fourth-order valence-electron chi connectivity index (χ4n) is 3.70. The van der Waals surface area contributed by atoms with E-state index < -0.39 is 6.10 Å². The third-order valence-corrected chi connectivity index (χ3v) is 5.39. The predicted molar refractivity (Wildman–Crippen MR) is 122 cm³/mol. The largest absolute Gasteiger partial charge is 0.486 e. The van der Waals surface area contributed by atoms with E-state index >= 15 is 0 Å². The average Bonchev–Trinajstić information content (AvgIpc) is 3.22. The summed E-state index contributed by atoms with van der Waals surface area (Å²) >= 11 is 0. The molecule has 0 aliphatic carbocycles. The molecule has 1 fully saturated rings. The van der Waals surface area contributed by atoms with Crippen LogP contribution in [0.3, 0.4) is 0 Å². The zero-order chi connectivity index (χ0) is 21.5. The molecule has 2 heterocycles. The lowest BCUT2D eigenvalue weighted by Gasteiger charge is -2.20. The first-order valence-corrected chi connectivity index (χ1v) is 10.7. The van der Waals surface area contributed by atoms with E-state index in [2.05, 4.69) is 38.1 Å². The van der Waals surface area contributed by atoms with Crippen molar-refractivity contribution in [2.75, 3.05) is 32.0 Å². The summed E-state index contributed by atoms with van der Waals surface area (Å²) in [5, 5.41) is 19.6. The smallest absolute Gasteiger partial charge is 0.223 e. The number of rotatable bonds is 9. The van der Waals surface area contributed by atoms with Gasteiger partial charge in [0.1, 0.15) is 11.9 Å². The van der Waals surface area contributed by atoms with Crippen molar-refractivity contribution >= 4 is 5.95 Å². The summed E-state index contributed by atoms with van der Waals surface area (Å²) in [5.74, 6) is 1.30. The second-order valence-electron chi connectivity index (χ2n) is 7.68. The van der Waals surface area contributed by atoms with Crippen molar-refractivity contribution in [3.8, 4) is 17.0 Å². The molecule has 7 nitrogen and oxygen atoms in total. The topological polar surface area (TPSA) is 91.3 Å². The molecule has 7 heteroatoms. The number of β-amino-alcohol motifs (C(OH)–C–C–N with tert-alkyl or cyclic N) is 1. The fourth-order valence-corrected chi connectivity index (χ4v) is 3.70. The molecule has 1 aromatic heterocycles. The van der Waals surface area contributed by atoms with Crippen molar-refractivity contribution < 1.29 is 9.84 Å². The van der Waals surface area contributed by atoms with E-state index in [-0.39, 0.29) is 12.1 Å². The Morgan fingerprint density at radius 3 is 2.77 bits per heavy atom. The first kappa shape index (κ1) is 21.2. The molecule has 2 aromatic carbocycles. The van der Waals surface area contributed by atoms with Gasteiger partial charge in [0, 0.05) is 31.3 Å². The molecule has 4 N–H and O–H groups in total. The van der Waals surface area contributed by atoms with Crippen LogP contribution >= 0.6 is 0 Å².